The summed E-state index contributed by atoms with van der Waals surface area (Å²) >= 11 is 0. The second kappa shape index (κ2) is 1.70. The van der Waals surface area contributed by atoms with Gasteiger partial charge in [-0.1, -0.05) is 0 Å². The third kappa shape index (κ3) is 0.556. The van der Waals surface area contributed by atoms with Crippen LogP contribution < -0.4 is 5.73 Å². The molecule has 0 unspecified atom stereocenters. The minimum atomic E-state index is 0.520. The fourth-order valence-electron chi connectivity index (χ4n) is 0.890. The zero-order chi connectivity index (χ0) is 6.97. The first-order chi connectivity index (χ1) is 4.88. The molecule has 0 aliphatic rings. The predicted octanol–water partition coefficient (Wildman–Crippen LogP) is 0.540. The van der Waals surface area contributed by atoms with Crippen LogP contribution in [0.1, 0.15) is 0 Å². The van der Waals surface area contributed by atoms with Gasteiger partial charge in [0.05, 0.1) is 10.9 Å². The summed E-state index contributed by atoms with van der Waals surface area (Å²) < 4.78 is 0. The van der Waals surface area contributed by atoms with Gasteiger partial charge in [-0.15, -0.1) is 0 Å². The Balaban J connectivity index is 2.95. The Bertz CT molecular complexity index is 351. The number of hydrogen-bond donors (Lipinski definition) is 2. The molecule has 0 amide bonds. The summed E-state index contributed by atoms with van der Waals surface area (Å²) in [7, 11) is 0. The molecular formula is C6H6N4. The molecule has 50 valence electrons. The molecule has 10 heavy (non-hydrogen) atoms. The lowest BCUT2D eigenvalue weighted by Gasteiger charge is -1.90. The van der Waals surface area contributed by atoms with Crippen LogP contribution in [0, 0.1) is 0 Å². The summed E-state index contributed by atoms with van der Waals surface area (Å²) in [6.07, 6.45) is 5.02. The molecule has 4 nitrogen and oxygen atoms in total. The Morgan fingerprint density at radius 1 is 1.30 bits per heavy atom. The first-order valence-corrected chi connectivity index (χ1v) is 2.91. The monoisotopic (exact) mass is 134 g/mol. The molecule has 2 aromatic rings. The summed E-state index contributed by atoms with van der Waals surface area (Å²) in [5.74, 6) is 0.520. The average molecular weight is 134 g/mol. The van der Waals surface area contributed by atoms with Crippen molar-refractivity contribution in [3.05, 3.63) is 18.7 Å². The predicted molar refractivity (Wildman–Crippen MR) is 38.3 cm³/mol. The van der Waals surface area contributed by atoms with Crippen molar-refractivity contribution in [1.82, 2.24) is 15.0 Å². The molecule has 0 radical (unpaired) electrons. The number of H-pyrrole nitrogens is 1. The van der Waals surface area contributed by atoms with Gasteiger partial charge >= 0.3 is 0 Å². The largest absolute Gasteiger partial charge is 0.383 e. The van der Waals surface area contributed by atoms with E-state index in [1.54, 1.807) is 12.4 Å². The van der Waals surface area contributed by atoms with Gasteiger partial charge in [-0.25, -0.2) is 9.97 Å². The lowest BCUT2D eigenvalue weighted by Crippen LogP contribution is -1.89. The van der Waals surface area contributed by atoms with Crippen LogP contribution >= 0.6 is 0 Å². The first-order valence-electron chi connectivity index (χ1n) is 2.91. The van der Waals surface area contributed by atoms with Crippen LogP contribution in [0.4, 0.5) is 5.82 Å². The molecular weight excluding hydrogens is 128 g/mol. The summed E-state index contributed by atoms with van der Waals surface area (Å²) in [5, 5.41) is 0.877. The quantitative estimate of drug-likeness (QED) is 0.552. The van der Waals surface area contributed by atoms with Crippen LogP contribution in [0.2, 0.25) is 0 Å². The average Bonchev–Trinajstić information content (AvgIpc) is 2.36. The van der Waals surface area contributed by atoms with Gasteiger partial charge in [0.25, 0.3) is 0 Å². The van der Waals surface area contributed by atoms with E-state index in [1.165, 1.54) is 6.33 Å². The zero-order valence-electron chi connectivity index (χ0n) is 5.20. The fourth-order valence-corrected chi connectivity index (χ4v) is 0.890. The van der Waals surface area contributed by atoms with Gasteiger partial charge in [0.15, 0.2) is 0 Å². The summed E-state index contributed by atoms with van der Waals surface area (Å²) in [5.41, 5.74) is 6.38. The van der Waals surface area contributed by atoms with Gasteiger partial charge in [0, 0.05) is 12.4 Å². The van der Waals surface area contributed by atoms with Crippen molar-refractivity contribution in [2.75, 3.05) is 5.73 Å². The number of anilines is 1. The maximum absolute atomic E-state index is 5.53. The minimum absolute atomic E-state index is 0.520. The molecule has 0 bridgehead atoms. The van der Waals surface area contributed by atoms with Crippen LogP contribution in [0.25, 0.3) is 10.9 Å². The number of hydrogen-bond acceptors (Lipinski definition) is 3. The summed E-state index contributed by atoms with van der Waals surface area (Å²) in [4.78, 5) is 10.7. The number of fused-ring (bicyclic) bond motifs is 1. The lowest BCUT2D eigenvalue weighted by atomic mass is 10.4. The van der Waals surface area contributed by atoms with E-state index in [9.17, 15) is 0 Å². The normalized spacial score (nSPS) is 10.4. The summed E-state index contributed by atoms with van der Waals surface area (Å²) in [6, 6.07) is 0. The third-order valence-electron chi connectivity index (χ3n) is 1.39. The topological polar surface area (TPSA) is 67.6 Å². The SMILES string of the molecule is Nc1ncnc2c[nH]cc12. The number of nitrogens with two attached hydrogens (primary N) is 1. The molecule has 0 aliphatic heterocycles. The number of nitrogen functional groups attached to an aromatic ring is 1. The van der Waals surface area contributed by atoms with Crippen molar-refractivity contribution < 1.29 is 0 Å². The van der Waals surface area contributed by atoms with Crippen molar-refractivity contribution in [2.24, 2.45) is 0 Å². The van der Waals surface area contributed by atoms with Gasteiger partial charge < -0.3 is 10.7 Å². The van der Waals surface area contributed by atoms with Gasteiger partial charge in [0.1, 0.15) is 12.1 Å². The van der Waals surface area contributed by atoms with Crippen LogP contribution in [0.15, 0.2) is 18.7 Å². The molecule has 2 rings (SSSR count). The number of aromatic amines is 1. The molecule has 0 saturated heterocycles. The molecule has 2 aromatic heterocycles. The highest BCUT2D eigenvalue weighted by Gasteiger charge is 1.97. The van der Waals surface area contributed by atoms with E-state index in [0.29, 0.717) is 5.82 Å². The molecule has 3 N–H and O–H groups in total. The van der Waals surface area contributed by atoms with Gasteiger partial charge in [-0.3, -0.25) is 0 Å². The number of aromatic nitrogens is 3. The molecule has 0 aliphatic carbocycles. The van der Waals surface area contributed by atoms with Crippen molar-refractivity contribution >= 4 is 16.7 Å². The highest BCUT2D eigenvalue weighted by molar-refractivity contribution is 5.86. The maximum atomic E-state index is 5.53. The highest BCUT2D eigenvalue weighted by Crippen LogP contribution is 2.13. The second-order valence-corrected chi connectivity index (χ2v) is 2.01. The smallest absolute Gasteiger partial charge is 0.136 e. The Kier molecular flexibility index (Phi) is 0.887. The Morgan fingerprint density at radius 2 is 2.20 bits per heavy atom. The van der Waals surface area contributed by atoms with E-state index < -0.39 is 0 Å². The maximum Gasteiger partial charge on any atom is 0.136 e. The molecule has 0 aromatic carbocycles. The molecule has 0 atom stereocenters. The first kappa shape index (κ1) is 5.22. The second-order valence-electron chi connectivity index (χ2n) is 2.01. The van der Waals surface area contributed by atoms with E-state index in [2.05, 4.69) is 15.0 Å². The van der Waals surface area contributed by atoms with Crippen LogP contribution in [-0.4, -0.2) is 15.0 Å². The van der Waals surface area contributed by atoms with Crippen molar-refractivity contribution in [2.45, 2.75) is 0 Å². The standard InChI is InChI=1S/C6H6N4/c7-6-4-1-8-2-5(4)9-3-10-6/h1-3,8H,(H2,7,9,10). The Labute approximate surface area is 57.1 Å². The zero-order valence-corrected chi connectivity index (χ0v) is 5.20. The molecule has 0 spiro atoms. The summed E-state index contributed by atoms with van der Waals surface area (Å²) in [6.45, 7) is 0. The van der Waals surface area contributed by atoms with Crippen molar-refractivity contribution in [3.8, 4) is 0 Å². The van der Waals surface area contributed by atoms with E-state index in [-0.39, 0.29) is 0 Å². The van der Waals surface area contributed by atoms with Crippen LogP contribution in [0.5, 0.6) is 0 Å². The van der Waals surface area contributed by atoms with Crippen LogP contribution in [0.3, 0.4) is 0 Å². The number of nitrogens with zero attached hydrogens (tertiary/aromatic N) is 2. The number of rotatable bonds is 0. The Morgan fingerprint density at radius 3 is 3.00 bits per heavy atom. The van der Waals surface area contributed by atoms with E-state index >= 15 is 0 Å². The van der Waals surface area contributed by atoms with E-state index in [1.807, 2.05) is 0 Å². The highest BCUT2D eigenvalue weighted by atomic mass is 14.9. The van der Waals surface area contributed by atoms with Crippen molar-refractivity contribution in [1.29, 1.82) is 0 Å². The van der Waals surface area contributed by atoms with Gasteiger partial charge in [-0.05, 0) is 0 Å². The van der Waals surface area contributed by atoms with E-state index in [4.69, 9.17) is 5.73 Å². The van der Waals surface area contributed by atoms with E-state index in [0.717, 1.165) is 10.9 Å². The van der Waals surface area contributed by atoms with Crippen molar-refractivity contribution in [3.63, 3.8) is 0 Å². The fraction of sp³-hybridized carbons (Fsp3) is 0. The van der Waals surface area contributed by atoms with Gasteiger partial charge in [0.2, 0.25) is 0 Å². The molecule has 4 heteroatoms. The minimum Gasteiger partial charge on any atom is -0.383 e. The Hall–Kier alpha value is -1.58. The molecule has 0 saturated carbocycles. The lowest BCUT2D eigenvalue weighted by molar-refractivity contribution is 1.23. The third-order valence-corrected chi connectivity index (χ3v) is 1.39. The molecule has 2 heterocycles. The molecule has 0 fully saturated rings. The van der Waals surface area contributed by atoms with Gasteiger partial charge in [-0.2, -0.15) is 0 Å². The number of nitrogens with one attached hydrogen (secondary N) is 1. The van der Waals surface area contributed by atoms with Crippen LogP contribution in [-0.2, 0) is 0 Å².